The van der Waals surface area contributed by atoms with Crippen LogP contribution in [0.25, 0.3) is 11.6 Å². The van der Waals surface area contributed by atoms with E-state index in [0.29, 0.717) is 36.3 Å². The van der Waals surface area contributed by atoms with Gasteiger partial charge in [-0.15, -0.1) is 0 Å². The first kappa shape index (κ1) is 26.8. The Hall–Kier alpha value is -3.78. The third kappa shape index (κ3) is 5.01. The van der Waals surface area contributed by atoms with E-state index in [0.717, 1.165) is 42.2 Å². The number of imide groups is 3. The molecule has 2 saturated heterocycles. The van der Waals surface area contributed by atoms with E-state index < -0.39 is 41.3 Å². The number of benzene rings is 2. The second-order valence-corrected chi connectivity index (χ2v) is 10.3. The molecule has 39 heavy (non-hydrogen) atoms. The summed E-state index contributed by atoms with van der Waals surface area (Å²) in [5.74, 6) is -3.50. The Bertz CT molecular complexity index is 1350. The van der Waals surface area contributed by atoms with Crippen molar-refractivity contribution in [1.29, 1.82) is 0 Å². The van der Waals surface area contributed by atoms with Gasteiger partial charge in [-0.1, -0.05) is 61.4 Å². The Morgan fingerprint density at radius 3 is 2.62 bits per heavy atom. The van der Waals surface area contributed by atoms with Crippen molar-refractivity contribution >= 4 is 29.6 Å². The number of ether oxygens (including phenoxy) is 2. The zero-order chi connectivity index (χ0) is 27.7. The number of phenolic OH excluding ortho intramolecular Hbond substituents is 1. The number of phenols is 1. The lowest BCUT2D eigenvalue weighted by Gasteiger charge is -2.32. The van der Waals surface area contributed by atoms with Gasteiger partial charge in [0.25, 0.3) is 0 Å². The molecule has 2 aromatic rings. The van der Waals surface area contributed by atoms with E-state index >= 15 is 0 Å². The minimum absolute atomic E-state index is 0.226. The summed E-state index contributed by atoms with van der Waals surface area (Å²) in [5.41, 5.74) is 4.86. The SMILES string of the molecule is CCCC1=C2[C@@H](CC/C(=C/c3ccc(O)c(F)c3)c3ccccc3)OC[C@@H]2[C@@H]2C(=O)N(C(=O)OC)C(=O)[C@@H]2C1. The molecule has 7 nitrogen and oxygen atoms in total. The number of hydrogen-bond acceptors (Lipinski definition) is 6. The molecular formula is C31H32FNO6. The Kier molecular flexibility index (Phi) is 7.66. The zero-order valence-corrected chi connectivity index (χ0v) is 22.1. The molecule has 3 aliphatic rings. The Labute approximate surface area is 226 Å². The number of fused-ring (bicyclic) bond motifs is 3. The summed E-state index contributed by atoms with van der Waals surface area (Å²) >= 11 is 0. The van der Waals surface area contributed by atoms with Crippen molar-refractivity contribution in [2.75, 3.05) is 13.7 Å². The Morgan fingerprint density at radius 1 is 1.15 bits per heavy atom. The average molecular weight is 534 g/mol. The zero-order valence-electron chi connectivity index (χ0n) is 22.1. The van der Waals surface area contributed by atoms with Crippen LogP contribution in [-0.2, 0) is 19.1 Å². The lowest BCUT2D eigenvalue weighted by atomic mass is 9.68. The number of amides is 3. The van der Waals surface area contributed by atoms with Crippen molar-refractivity contribution in [1.82, 2.24) is 4.90 Å². The summed E-state index contributed by atoms with van der Waals surface area (Å²) in [4.78, 5) is 39.2. The van der Waals surface area contributed by atoms with E-state index in [4.69, 9.17) is 9.47 Å². The van der Waals surface area contributed by atoms with Gasteiger partial charge >= 0.3 is 6.09 Å². The fraction of sp³-hybridized carbons (Fsp3) is 0.387. The first-order chi connectivity index (χ1) is 18.8. The molecule has 8 heteroatoms. The van der Waals surface area contributed by atoms with Crippen molar-refractivity contribution < 1.29 is 33.4 Å². The summed E-state index contributed by atoms with van der Waals surface area (Å²) in [6, 6.07) is 14.1. The first-order valence-corrected chi connectivity index (χ1v) is 13.4. The molecule has 0 radical (unpaired) electrons. The maximum atomic E-state index is 14.0. The Balaban J connectivity index is 1.43. The summed E-state index contributed by atoms with van der Waals surface area (Å²) in [6.07, 6.45) is 4.14. The second kappa shape index (κ2) is 11.1. The van der Waals surface area contributed by atoms with E-state index in [2.05, 4.69) is 6.92 Å². The fourth-order valence-corrected chi connectivity index (χ4v) is 6.34. The summed E-state index contributed by atoms with van der Waals surface area (Å²) in [5, 5.41) is 9.59. The molecule has 0 aromatic heterocycles. The fourth-order valence-electron chi connectivity index (χ4n) is 6.34. The quantitative estimate of drug-likeness (QED) is 0.277. The van der Waals surface area contributed by atoms with Gasteiger partial charge in [0.2, 0.25) is 11.8 Å². The Morgan fingerprint density at radius 2 is 1.92 bits per heavy atom. The molecule has 3 amide bonds. The van der Waals surface area contributed by atoms with Crippen molar-refractivity contribution in [3.05, 3.63) is 76.6 Å². The largest absolute Gasteiger partial charge is 0.505 e. The maximum absolute atomic E-state index is 14.0. The molecule has 0 saturated carbocycles. The van der Waals surface area contributed by atoms with Gasteiger partial charge in [-0.25, -0.2) is 9.18 Å². The van der Waals surface area contributed by atoms with Crippen LogP contribution in [0.2, 0.25) is 0 Å². The van der Waals surface area contributed by atoms with E-state index in [9.17, 15) is 23.9 Å². The molecule has 2 aromatic carbocycles. The number of aromatic hydroxyl groups is 1. The van der Waals surface area contributed by atoms with Gasteiger partial charge in [-0.3, -0.25) is 9.59 Å². The lowest BCUT2D eigenvalue weighted by Crippen LogP contribution is -2.38. The highest BCUT2D eigenvalue weighted by atomic mass is 19.1. The molecule has 0 bridgehead atoms. The van der Waals surface area contributed by atoms with E-state index in [1.54, 1.807) is 6.07 Å². The predicted molar refractivity (Wildman–Crippen MR) is 143 cm³/mol. The molecule has 2 heterocycles. The van der Waals surface area contributed by atoms with Gasteiger partial charge in [0.05, 0.1) is 31.7 Å². The third-order valence-corrected chi connectivity index (χ3v) is 8.05. The molecule has 5 rings (SSSR count). The van der Waals surface area contributed by atoms with Gasteiger partial charge in [0.15, 0.2) is 11.6 Å². The third-order valence-electron chi connectivity index (χ3n) is 8.05. The number of hydrogen-bond donors (Lipinski definition) is 1. The number of likely N-dealkylation sites (tertiary alicyclic amines) is 1. The van der Waals surface area contributed by atoms with Crippen LogP contribution in [0.4, 0.5) is 9.18 Å². The highest BCUT2D eigenvalue weighted by Crippen LogP contribution is 2.51. The van der Waals surface area contributed by atoms with Crippen LogP contribution in [0.1, 0.15) is 50.2 Å². The van der Waals surface area contributed by atoms with Crippen molar-refractivity contribution in [2.45, 2.75) is 45.1 Å². The van der Waals surface area contributed by atoms with Gasteiger partial charge in [0.1, 0.15) is 0 Å². The molecule has 0 spiro atoms. The van der Waals surface area contributed by atoms with Gasteiger partial charge in [-0.2, -0.15) is 4.90 Å². The minimum Gasteiger partial charge on any atom is -0.505 e. The van der Waals surface area contributed by atoms with Crippen molar-refractivity contribution in [3.63, 3.8) is 0 Å². The number of carbonyl (C=O) groups is 3. The number of nitrogens with zero attached hydrogens (tertiary/aromatic N) is 1. The van der Waals surface area contributed by atoms with Crippen LogP contribution in [-0.4, -0.2) is 47.7 Å². The van der Waals surface area contributed by atoms with E-state index in [1.807, 2.05) is 36.4 Å². The first-order valence-electron chi connectivity index (χ1n) is 13.4. The number of rotatable bonds is 7. The highest BCUT2D eigenvalue weighted by Gasteiger charge is 2.58. The van der Waals surface area contributed by atoms with Gasteiger partial charge in [0, 0.05) is 5.92 Å². The minimum atomic E-state index is -0.934. The molecule has 2 aliphatic heterocycles. The monoisotopic (exact) mass is 533 g/mol. The average Bonchev–Trinajstić information content (AvgIpc) is 3.47. The van der Waals surface area contributed by atoms with Crippen LogP contribution < -0.4 is 0 Å². The van der Waals surface area contributed by atoms with Gasteiger partial charge in [-0.05, 0) is 60.1 Å². The number of allylic oxidation sites excluding steroid dienone is 2. The van der Waals surface area contributed by atoms with Crippen molar-refractivity contribution in [2.24, 2.45) is 17.8 Å². The highest BCUT2D eigenvalue weighted by molar-refractivity contribution is 6.16. The summed E-state index contributed by atoms with van der Waals surface area (Å²) in [6.45, 7) is 2.39. The smallest absolute Gasteiger partial charge is 0.423 e. The molecule has 204 valence electrons. The molecule has 2 fully saturated rings. The molecular weight excluding hydrogens is 501 g/mol. The van der Waals surface area contributed by atoms with E-state index in [-0.39, 0.29) is 12.0 Å². The van der Waals surface area contributed by atoms with E-state index in [1.165, 1.54) is 12.1 Å². The maximum Gasteiger partial charge on any atom is 0.423 e. The predicted octanol–water partition coefficient (Wildman–Crippen LogP) is 5.74. The van der Waals surface area contributed by atoms with Crippen LogP contribution in [0, 0.1) is 23.6 Å². The van der Waals surface area contributed by atoms with Crippen LogP contribution >= 0.6 is 0 Å². The molecule has 4 atom stereocenters. The number of methoxy groups -OCH3 is 1. The normalized spacial score (nSPS) is 24.7. The lowest BCUT2D eigenvalue weighted by molar-refractivity contribution is -0.137. The van der Waals surface area contributed by atoms with Crippen LogP contribution in [0.3, 0.4) is 0 Å². The molecule has 1 aliphatic carbocycles. The number of carbonyl (C=O) groups excluding carboxylic acids is 3. The standard InChI is InChI=1S/C31H32FNO6/c1-3-7-21-16-22-28(30(36)33(29(22)35)31(37)38-2)23-17-39-26(27(21)23)13-11-20(19-8-5-4-6-9-19)14-18-10-12-25(34)24(32)15-18/h4-6,8-10,12,14-15,22-23,26,28,34H,3,7,11,13,16-17H2,1-2H3/b20-14-/t22-,23+,26-,28-/m1/s1. The number of halogens is 1. The molecule has 0 unspecified atom stereocenters. The van der Waals surface area contributed by atoms with Gasteiger partial charge < -0.3 is 14.6 Å². The second-order valence-electron chi connectivity index (χ2n) is 10.3. The summed E-state index contributed by atoms with van der Waals surface area (Å²) < 4.78 is 25.0. The summed E-state index contributed by atoms with van der Waals surface area (Å²) in [7, 11) is 1.16. The molecule has 1 N–H and O–H groups in total. The topological polar surface area (TPSA) is 93.1 Å². The van der Waals surface area contributed by atoms with Crippen LogP contribution in [0.5, 0.6) is 5.75 Å². The van der Waals surface area contributed by atoms with Crippen molar-refractivity contribution in [3.8, 4) is 5.75 Å². The van der Waals surface area contributed by atoms with Crippen LogP contribution in [0.15, 0.2) is 59.7 Å².